The molecule has 0 aliphatic heterocycles. The Morgan fingerprint density at radius 1 is 1.46 bits per heavy atom. The highest BCUT2D eigenvalue weighted by Gasteiger charge is 1.96. The smallest absolute Gasteiger partial charge is 0.0881 e. The van der Waals surface area contributed by atoms with Gasteiger partial charge >= 0.3 is 0 Å². The summed E-state index contributed by atoms with van der Waals surface area (Å²) in [6.45, 7) is 13.0. The minimum absolute atomic E-state index is 0.783. The van der Waals surface area contributed by atoms with Gasteiger partial charge in [-0.05, 0) is 31.3 Å². The Morgan fingerprint density at radius 2 is 2.08 bits per heavy atom. The van der Waals surface area contributed by atoms with E-state index in [1.165, 1.54) is 0 Å². The zero-order valence-corrected chi connectivity index (χ0v) is 8.54. The van der Waals surface area contributed by atoms with Crippen LogP contribution < -0.4 is 0 Å². The molecular weight excluding hydrogens is 160 g/mol. The molecule has 0 aliphatic rings. The molecule has 13 heavy (non-hydrogen) atoms. The van der Waals surface area contributed by atoms with E-state index < -0.39 is 0 Å². The highest BCUT2D eigenvalue weighted by molar-refractivity contribution is 5.61. The molecule has 1 aromatic rings. The minimum Gasteiger partial charge on any atom is -0.262 e. The van der Waals surface area contributed by atoms with Crippen molar-refractivity contribution in [3.05, 3.63) is 30.1 Å². The maximum atomic E-state index is 4.12. The van der Waals surface area contributed by atoms with Crippen LogP contribution in [0.25, 0.3) is 6.08 Å². The van der Waals surface area contributed by atoms with Crippen LogP contribution in [0.5, 0.6) is 0 Å². The molecule has 1 aromatic heterocycles. The third-order valence-corrected chi connectivity index (χ3v) is 1.40. The molecule has 0 radical (unpaired) electrons. The van der Waals surface area contributed by atoms with Crippen LogP contribution in [0, 0.1) is 6.92 Å². The number of rotatable bonds is 2. The minimum atomic E-state index is 0.783. The van der Waals surface area contributed by atoms with E-state index in [0.717, 1.165) is 16.9 Å². The normalized spacial score (nSPS) is 8.23. The fourth-order valence-electron chi connectivity index (χ4n) is 0.848. The summed E-state index contributed by atoms with van der Waals surface area (Å²) >= 11 is 0. The van der Waals surface area contributed by atoms with Crippen LogP contribution in [0.2, 0.25) is 0 Å². The van der Waals surface area contributed by atoms with E-state index in [9.17, 15) is 0 Å². The van der Waals surface area contributed by atoms with E-state index in [4.69, 9.17) is 0 Å². The summed E-state index contributed by atoms with van der Waals surface area (Å²) in [6.07, 6.45) is 3.45. The molecule has 1 heterocycles. The van der Waals surface area contributed by atoms with Crippen molar-refractivity contribution >= 4 is 18.5 Å². The van der Waals surface area contributed by atoms with E-state index in [1.807, 2.05) is 26.8 Å². The number of hydrogen-bond acceptors (Lipinski definition) is 2. The van der Waals surface area contributed by atoms with Gasteiger partial charge in [0.25, 0.3) is 0 Å². The molecule has 0 saturated carbocycles. The molecule has 0 aliphatic carbocycles. The average Bonchev–Trinajstić information content (AvgIpc) is 2.20. The van der Waals surface area contributed by atoms with Crippen molar-refractivity contribution in [1.82, 2.24) is 4.98 Å². The predicted molar refractivity (Wildman–Crippen MR) is 59.6 cm³/mol. The van der Waals surface area contributed by atoms with Gasteiger partial charge in [0.2, 0.25) is 0 Å². The predicted octanol–water partition coefficient (Wildman–Crippen LogP) is 3.39. The molecule has 0 amide bonds. The molecular formula is C11H16N2. The molecule has 0 atom stereocenters. The van der Waals surface area contributed by atoms with Gasteiger partial charge < -0.3 is 0 Å². The summed E-state index contributed by atoms with van der Waals surface area (Å²) < 4.78 is 0. The highest BCUT2D eigenvalue weighted by atomic mass is 14.8. The van der Waals surface area contributed by atoms with E-state index in [2.05, 4.69) is 23.3 Å². The lowest BCUT2D eigenvalue weighted by atomic mass is 10.2. The Labute approximate surface area is 80.1 Å². The largest absolute Gasteiger partial charge is 0.262 e. The summed E-state index contributed by atoms with van der Waals surface area (Å²) in [5.74, 6) is 0. The fraction of sp³-hybridized carbons (Fsp3) is 0.273. The number of nitrogens with zero attached hydrogens (tertiary/aromatic N) is 2. The van der Waals surface area contributed by atoms with Crippen LogP contribution in [-0.2, 0) is 0 Å². The summed E-state index contributed by atoms with van der Waals surface area (Å²) in [6, 6.07) is 1.93. The van der Waals surface area contributed by atoms with Crippen molar-refractivity contribution in [2.75, 3.05) is 0 Å². The van der Waals surface area contributed by atoms with Crippen LogP contribution in [0.15, 0.2) is 23.8 Å². The van der Waals surface area contributed by atoms with Gasteiger partial charge in [-0.2, -0.15) is 0 Å². The van der Waals surface area contributed by atoms with Crippen LogP contribution in [0.3, 0.4) is 0 Å². The second-order valence-electron chi connectivity index (χ2n) is 2.28. The van der Waals surface area contributed by atoms with Crippen molar-refractivity contribution in [3.63, 3.8) is 0 Å². The van der Waals surface area contributed by atoms with Gasteiger partial charge in [0.15, 0.2) is 0 Å². The number of aryl methyl sites for hydroxylation is 1. The first-order chi connectivity index (χ1) is 6.27. The van der Waals surface area contributed by atoms with Gasteiger partial charge in [0, 0.05) is 6.20 Å². The van der Waals surface area contributed by atoms with Crippen LogP contribution in [0.1, 0.15) is 25.1 Å². The topological polar surface area (TPSA) is 25.2 Å². The maximum absolute atomic E-state index is 4.12. The number of hydrogen-bond donors (Lipinski definition) is 0. The number of aromatic nitrogens is 1. The van der Waals surface area contributed by atoms with Crippen LogP contribution >= 0.6 is 0 Å². The quantitative estimate of drug-likeness (QED) is 0.634. The van der Waals surface area contributed by atoms with Gasteiger partial charge in [-0.25, -0.2) is 0 Å². The van der Waals surface area contributed by atoms with Gasteiger partial charge in [0.05, 0.1) is 11.4 Å². The fourth-order valence-corrected chi connectivity index (χ4v) is 0.848. The van der Waals surface area contributed by atoms with E-state index in [1.54, 1.807) is 12.3 Å². The molecule has 0 unspecified atom stereocenters. The Hall–Kier alpha value is -1.44. The number of pyridine rings is 1. The molecule has 70 valence electrons. The molecule has 2 heteroatoms. The third-order valence-electron chi connectivity index (χ3n) is 1.40. The SMILES string of the molecule is C=Cc1ncc(C)cc1N=C.CC. The van der Waals surface area contributed by atoms with E-state index >= 15 is 0 Å². The molecule has 1 rings (SSSR count). The van der Waals surface area contributed by atoms with Gasteiger partial charge in [-0.3, -0.25) is 9.98 Å². The molecule has 0 spiro atoms. The lowest BCUT2D eigenvalue weighted by Crippen LogP contribution is -1.82. The summed E-state index contributed by atoms with van der Waals surface area (Å²) in [7, 11) is 0. The first-order valence-electron chi connectivity index (χ1n) is 4.33. The molecule has 0 bridgehead atoms. The standard InChI is InChI=1S/C9H10N2.C2H6/c1-4-8-9(10-3)5-7(2)6-11-8;1-2/h4-6H,1,3H2,2H3;1-2H3. The summed E-state index contributed by atoms with van der Waals surface area (Å²) in [5.41, 5.74) is 2.66. The highest BCUT2D eigenvalue weighted by Crippen LogP contribution is 2.17. The lowest BCUT2D eigenvalue weighted by Gasteiger charge is -1.98. The second-order valence-corrected chi connectivity index (χ2v) is 2.28. The van der Waals surface area contributed by atoms with Crippen molar-refractivity contribution in [1.29, 1.82) is 0 Å². The first-order valence-corrected chi connectivity index (χ1v) is 4.33. The Morgan fingerprint density at radius 3 is 2.54 bits per heavy atom. The first kappa shape index (κ1) is 11.6. The summed E-state index contributed by atoms with van der Waals surface area (Å²) in [4.78, 5) is 7.93. The van der Waals surface area contributed by atoms with E-state index in [0.29, 0.717) is 0 Å². The van der Waals surface area contributed by atoms with Crippen molar-refractivity contribution in [2.24, 2.45) is 4.99 Å². The van der Waals surface area contributed by atoms with Crippen LogP contribution in [0.4, 0.5) is 5.69 Å². The Balaban J connectivity index is 0.000000671. The zero-order chi connectivity index (χ0) is 10.3. The van der Waals surface area contributed by atoms with E-state index in [-0.39, 0.29) is 0 Å². The molecule has 0 aromatic carbocycles. The molecule has 2 nitrogen and oxygen atoms in total. The zero-order valence-electron chi connectivity index (χ0n) is 8.54. The second kappa shape index (κ2) is 6.12. The Kier molecular flexibility index (Phi) is 5.44. The van der Waals surface area contributed by atoms with Crippen LogP contribution in [-0.4, -0.2) is 11.7 Å². The van der Waals surface area contributed by atoms with Gasteiger partial charge in [-0.1, -0.05) is 20.4 Å². The molecule has 0 saturated heterocycles. The average molecular weight is 176 g/mol. The van der Waals surface area contributed by atoms with Crippen molar-refractivity contribution in [2.45, 2.75) is 20.8 Å². The monoisotopic (exact) mass is 176 g/mol. The molecule has 0 fully saturated rings. The lowest BCUT2D eigenvalue weighted by molar-refractivity contribution is 1.23. The maximum Gasteiger partial charge on any atom is 0.0881 e. The number of aliphatic imine (C=N–C) groups is 1. The molecule has 0 N–H and O–H groups in total. The third kappa shape index (κ3) is 3.20. The van der Waals surface area contributed by atoms with Gasteiger partial charge in [0.1, 0.15) is 0 Å². The summed E-state index contributed by atoms with van der Waals surface area (Å²) in [5, 5.41) is 0. The van der Waals surface area contributed by atoms with Gasteiger partial charge in [-0.15, -0.1) is 0 Å². The van der Waals surface area contributed by atoms with Crippen molar-refractivity contribution in [3.8, 4) is 0 Å². The Bertz CT molecular complexity index is 290. The van der Waals surface area contributed by atoms with Crippen molar-refractivity contribution < 1.29 is 0 Å².